The second-order valence-electron chi connectivity index (χ2n) is 7.43. The predicted octanol–water partition coefficient (Wildman–Crippen LogP) is 4.14. The monoisotopic (exact) mass is 392 g/mol. The van der Waals surface area contributed by atoms with Gasteiger partial charge in [-0.1, -0.05) is 36.4 Å². The van der Waals surface area contributed by atoms with E-state index in [0.29, 0.717) is 18.2 Å². The molecule has 0 spiro atoms. The molecular weight excluding hydrogens is 367 g/mol. The van der Waals surface area contributed by atoms with Gasteiger partial charge < -0.3 is 10.2 Å². The van der Waals surface area contributed by atoms with E-state index >= 15 is 0 Å². The van der Waals surface area contributed by atoms with Gasteiger partial charge in [0.1, 0.15) is 5.82 Å². The van der Waals surface area contributed by atoms with Crippen molar-refractivity contribution in [3.63, 3.8) is 0 Å². The Hall–Kier alpha value is -3.15. The maximum Gasteiger partial charge on any atom is 0.317 e. The van der Waals surface area contributed by atoms with Crippen molar-refractivity contribution in [3.05, 3.63) is 83.9 Å². The number of aromatic nitrogens is 2. The molecule has 5 nitrogen and oxygen atoms in total. The van der Waals surface area contributed by atoms with Crippen molar-refractivity contribution < 1.29 is 9.18 Å². The minimum atomic E-state index is -0.272. The number of halogens is 1. The molecule has 2 heterocycles. The number of piperidine rings is 1. The van der Waals surface area contributed by atoms with E-state index in [-0.39, 0.29) is 11.8 Å². The normalized spacial score (nSPS) is 14.7. The van der Waals surface area contributed by atoms with E-state index in [4.69, 9.17) is 0 Å². The number of nitrogens with zero attached hydrogens (tertiary/aromatic N) is 3. The van der Waals surface area contributed by atoms with E-state index < -0.39 is 0 Å². The summed E-state index contributed by atoms with van der Waals surface area (Å²) in [5, 5.41) is 7.40. The lowest BCUT2D eigenvalue weighted by molar-refractivity contribution is 0.181. The van der Waals surface area contributed by atoms with Crippen LogP contribution >= 0.6 is 0 Å². The van der Waals surface area contributed by atoms with Crippen LogP contribution < -0.4 is 5.32 Å². The van der Waals surface area contributed by atoms with Gasteiger partial charge in [0, 0.05) is 25.8 Å². The quantitative estimate of drug-likeness (QED) is 0.709. The summed E-state index contributed by atoms with van der Waals surface area (Å²) in [6.45, 7) is 2.10. The number of nitrogens with one attached hydrogen (secondary N) is 1. The fraction of sp³-hybridized carbons (Fsp3) is 0.304. The van der Waals surface area contributed by atoms with Crippen LogP contribution in [0.1, 0.15) is 29.9 Å². The second kappa shape index (κ2) is 8.90. The molecule has 0 atom stereocenters. The lowest BCUT2D eigenvalue weighted by Gasteiger charge is -2.31. The van der Waals surface area contributed by atoms with Crippen molar-refractivity contribution in [3.8, 4) is 5.69 Å². The molecule has 2 amide bonds. The number of hydrogen-bond acceptors (Lipinski definition) is 2. The summed E-state index contributed by atoms with van der Waals surface area (Å²) in [6, 6.07) is 16.6. The van der Waals surface area contributed by atoms with Crippen molar-refractivity contribution in [1.82, 2.24) is 20.0 Å². The highest BCUT2D eigenvalue weighted by Crippen LogP contribution is 2.28. The summed E-state index contributed by atoms with van der Waals surface area (Å²) >= 11 is 0. The third kappa shape index (κ3) is 4.83. The molecule has 3 aromatic rings. The van der Waals surface area contributed by atoms with E-state index in [0.717, 1.165) is 37.9 Å². The average molecular weight is 392 g/mol. The molecule has 1 aliphatic rings. The van der Waals surface area contributed by atoms with Crippen LogP contribution in [0.5, 0.6) is 0 Å². The van der Waals surface area contributed by atoms with Crippen LogP contribution in [0.25, 0.3) is 5.69 Å². The van der Waals surface area contributed by atoms with Gasteiger partial charge >= 0.3 is 6.03 Å². The first-order valence-electron chi connectivity index (χ1n) is 10.1. The van der Waals surface area contributed by atoms with Gasteiger partial charge in [0.25, 0.3) is 0 Å². The molecule has 4 rings (SSSR count). The number of likely N-dealkylation sites (tertiary alicyclic amines) is 1. The molecule has 1 fully saturated rings. The Morgan fingerprint density at radius 2 is 1.90 bits per heavy atom. The highest BCUT2D eigenvalue weighted by Gasteiger charge is 2.24. The first-order valence-corrected chi connectivity index (χ1v) is 10.1. The van der Waals surface area contributed by atoms with E-state index in [1.54, 1.807) is 10.7 Å². The first-order chi connectivity index (χ1) is 14.2. The van der Waals surface area contributed by atoms with Crippen LogP contribution in [0.3, 0.4) is 0 Å². The summed E-state index contributed by atoms with van der Waals surface area (Å²) in [5.74, 6) is 0.0943. The van der Waals surface area contributed by atoms with Crippen molar-refractivity contribution in [2.45, 2.75) is 25.2 Å². The molecule has 1 N–H and O–H groups in total. The molecule has 1 saturated heterocycles. The Bertz CT molecular complexity index is 948. The standard InChI is InChI=1S/C23H25FN4O/c24-21-7-4-8-22(15-21)28-17-20(16-26-28)19-10-13-27(14-11-19)23(29)25-12-9-18-5-2-1-3-6-18/h1-8,15-17,19H,9-14H2,(H,25,29). The summed E-state index contributed by atoms with van der Waals surface area (Å²) in [6.07, 6.45) is 6.46. The number of urea groups is 1. The zero-order valence-corrected chi connectivity index (χ0v) is 16.3. The molecular formula is C23H25FN4O. The second-order valence-corrected chi connectivity index (χ2v) is 7.43. The molecule has 1 aromatic heterocycles. The van der Waals surface area contributed by atoms with Crippen molar-refractivity contribution >= 4 is 6.03 Å². The Morgan fingerprint density at radius 3 is 2.66 bits per heavy atom. The van der Waals surface area contributed by atoms with Crippen LogP contribution in [-0.4, -0.2) is 40.3 Å². The molecule has 0 saturated carbocycles. The minimum absolute atomic E-state index is 0.00911. The van der Waals surface area contributed by atoms with Crippen molar-refractivity contribution in [2.24, 2.45) is 0 Å². The highest BCUT2D eigenvalue weighted by atomic mass is 19.1. The fourth-order valence-electron chi connectivity index (χ4n) is 3.79. The summed E-state index contributed by atoms with van der Waals surface area (Å²) in [4.78, 5) is 14.3. The SMILES string of the molecule is O=C(NCCc1ccccc1)N1CCC(c2cnn(-c3cccc(F)c3)c2)CC1. The van der Waals surface area contributed by atoms with Gasteiger partial charge in [0.05, 0.1) is 11.9 Å². The van der Waals surface area contributed by atoms with Crippen LogP contribution in [0.2, 0.25) is 0 Å². The van der Waals surface area contributed by atoms with Gasteiger partial charge in [0.2, 0.25) is 0 Å². The smallest absolute Gasteiger partial charge is 0.317 e. The van der Waals surface area contributed by atoms with Gasteiger partial charge in [0.15, 0.2) is 0 Å². The Kier molecular flexibility index (Phi) is 5.89. The predicted molar refractivity (Wildman–Crippen MR) is 111 cm³/mol. The number of carbonyl (C=O) groups excluding carboxylic acids is 1. The fourth-order valence-corrected chi connectivity index (χ4v) is 3.79. The van der Waals surface area contributed by atoms with Gasteiger partial charge in [-0.15, -0.1) is 0 Å². The van der Waals surface area contributed by atoms with Crippen molar-refractivity contribution in [1.29, 1.82) is 0 Å². The van der Waals surface area contributed by atoms with Crippen LogP contribution in [0.4, 0.5) is 9.18 Å². The lowest BCUT2D eigenvalue weighted by Crippen LogP contribution is -2.44. The van der Waals surface area contributed by atoms with E-state index in [2.05, 4.69) is 22.5 Å². The third-order valence-corrected chi connectivity index (χ3v) is 5.46. The number of benzene rings is 2. The maximum absolute atomic E-state index is 13.4. The Labute approximate surface area is 170 Å². The third-order valence-electron chi connectivity index (χ3n) is 5.46. The summed E-state index contributed by atoms with van der Waals surface area (Å²) in [5.41, 5.74) is 3.08. The molecule has 150 valence electrons. The zero-order chi connectivity index (χ0) is 20.1. The van der Waals surface area contributed by atoms with Crippen LogP contribution in [-0.2, 0) is 6.42 Å². The first kappa shape index (κ1) is 19.2. The highest BCUT2D eigenvalue weighted by molar-refractivity contribution is 5.74. The molecule has 29 heavy (non-hydrogen) atoms. The number of carbonyl (C=O) groups is 1. The topological polar surface area (TPSA) is 50.2 Å². The number of hydrogen-bond donors (Lipinski definition) is 1. The van der Waals surface area contributed by atoms with Gasteiger partial charge in [-0.05, 0) is 54.5 Å². The molecule has 1 aliphatic heterocycles. The van der Waals surface area contributed by atoms with Crippen LogP contribution in [0, 0.1) is 5.82 Å². The van der Waals surface area contributed by atoms with Gasteiger partial charge in [-0.3, -0.25) is 0 Å². The molecule has 0 aliphatic carbocycles. The molecule has 0 unspecified atom stereocenters. The molecule has 2 aromatic carbocycles. The van der Waals surface area contributed by atoms with Gasteiger partial charge in [-0.2, -0.15) is 5.10 Å². The zero-order valence-electron chi connectivity index (χ0n) is 16.3. The molecule has 0 bridgehead atoms. The minimum Gasteiger partial charge on any atom is -0.338 e. The number of rotatable bonds is 5. The maximum atomic E-state index is 13.4. The molecule has 0 radical (unpaired) electrons. The van der Waals surface area contributed by atoms with E-state index in [9.17, 15) is 9.18 Å². The van der Waals surface area contributed by atoms with Gasteiger partial charge in [-0.25, -0.2) is 13.9 Å². The largest absolute Gasteiger partial charge is 0.338 e. The van der Waals surface area contributed by atoms with E-state index in [1.807, 2.05) is 41.6 Å². The Balaban J connectivity index is 1.26. The van der Waals surface area contributed by atoms with E-state index in [1.165, 1.54) is 17.7 Å². The summed E-state index contributed by atoms with van der Waals surface area (Å²) < 4.78 is 15.1. The average Bonchev–Trinajstić information content (AvgIpc) is 3.25. The summed E-state index contributed by atoms with van der Waals surface area (Å²) in [7, 11) is 0. The molecule has 6 heteroatoms. The lowest BCUT2D eigenvalue weighted by atomic mass is 9.92. The van der Waals surface area contributed by atoms with Crippen LogP contribution in [0.15, 0.2) is 67.0 Å². The van der Waals surface area contributed by atoms with Crippen molar-refractivity contribution in [2.75, 3.05) is 19.6 Å². The Morgan fingerprint density at radius 1 is 1.10 bits per heavy atom. The number of amides is 2.